The Kier molecular flexibility index (Phi) is 3.58. The molecule has 0 fully saturated rings. The maximum absolute atomic E-state index is 5.65. The Labute approximate surface area is 105 Å². The van der Waals surface area contributed by atoms with E-state index in [1.165, 1.54) is 22.9 Å². The standard InChI is InChI=1S/C12H14N4S/c1-8-5-3-4-6-9(8)7-10-14-11(13)16-12(15-10)17-2/h3-6H,7H2,1-2H3,(H2,13,14,15,16). The fourth-order valence-electron chi connectivity index (χ4n) is 1.56. The molecule has 0 aliphatic heterocycles. The average Bonchev–Trinajstić information content (AvgIpc) is 2.31. The number of nitrogens with two attached hydrogens (primary N) is 1. The third kappa shape index (κ3) is 2.94. The summed E-state index contributed by atoms with van der Waals surface area (Å²) < 4.78 is 0. The molecule has 0 aliphatic carbocycles. The molecular formula is C12H14N4S. The fraction of sp³-hybridized carbons (Fsp3) is 0.250. The van der Waals surface area contributed by atoms with Gasteiger partial charge in [-0.05, 0) is 24.3 Å². The number of rotatable bonds is 3. The van der Waals surface area contributed by atoms with E-state index in [0.717, 1.165) is 5.82 Å². The Morgan fingerprint density at radius 1 is 1.18 bits per heavy atom. The van der Waals surface area contributed by atoms with Crippen LogP contribution in [0.5, 0.6) is 0 Å². The molecule has 5 heteroatoms. The Hall–Kier alpha value is -1.62. The van der Waals surface area contributed by atoms with E-state index < -0.39 is 0 Å². The van der Waals surface area contributed by atoms with Crippen LogP contribution in [0.1, 0.15) is 17.0 Å². The van der Waals surface area contributed by atoms with E-state index in [-0.39, 0.29) is 5.95 Å². The monoisotopic (exact) mass is 246 g/mol. The van der Waals surface area contributed by atoms with Gasteiger partial charge in [0, 0.05) is 6.42 Å². The summed E-state index contributed by atoms with van der Waals surface area (Å²) in [5.74, 6) is 1.00. The first-order valence-corrected chi connectivity index (χ1v) is 6.50. The van der Waals surface area contributed by atoms with E-state index in [4.69, 9.17) is 5.73 Å². The van der Waals surface area contributed by atoms with Crippen molar-refractivity contribution < 1.29 is 0 Å². The third-order valence-electron chi connectivity index (χ3n) is 2.47. The maximum atomic E-state index is 5.65. The first-order valence-electron chi connectivity index (χ1n) is 5.28. The predicted molar refractivity (Wildman–Crippen MR) is 70.0 cm³/mol. The van der Waals surface area contributed by atoms with Crippen molar-refractivity contribution in [2.24, 2.45) is 0 Å². The normalized spacial score (nSPS) is 10.5. The van der Waals surface area contributed by atoms with Crippen molar-refractivity contribution in [1.82, 2.24) is 15.0 Å². The number of hydrogen-bond acceptors (Lipinski definition) is 5. The van der Waals surface area contributed by atoms with Crippen molar-refractivity contribution in [3.8, 4) is 0 Å². The lowest BCUT2D eigenvalue weighted by Crippen LogP contribution is -2.05. The lowest BCUT2D eigenvalue weighted by atomic mass is 10.1. The van der Waals surface area contributed by atoms with E-state index in [1.54, 1.807) is 0 Å². The number of thioether (sulfide) groups is 1. The number of nitrogen functional groups attached to an aromatic ring is 1. The van der Waals surface area contributed by atoms with Crippen LogP contribution in [0.25, 0.3) is 0 Å². The van der Waals surface area contributed by atoms with Gasteiger partial charge in [0.15, 0.2) is 5.16 Å². The number of aromatic nitrogens is 3. The molecule has 0 spiro atoms. The maximum Gasteiger partial charge on any atom is 0.224 e. The van der Waals surface area contributed by atoms with E-state index in [2.05, 4.69) is 34.0 Å². The van der Waals surface area contributed by atoms with Crippen LogP contribution in [0.3, 0.4) is 0 Å². The lowest BCUT2D eigenvalue weighted by molar-refractivity contribution is 0.837. The predicted octanol–water partition coefficient (Wildman–Crippen LogP) is 2.07. The first-order chi connectivity index (χ1) is 8.19. The number of aryl methyl sites for hydroxylation is 1. The fourth-order valence-corrected chi connectivity index (χ4v) is 1.95. The quantitative estimate of drug-likeness (QED) is 0.840. The second-order valence-electron chi connectivity index (χ2n) is 3.70. The summed E-state index contributed by atoms with van der Waals surface area (Å²) in [7, 11) is 0. The Morgan fingerprint density at radius 2 is 1.94 bits per heavy atom. The summed E-state index contributed by atoms with van der Waals surface area (Å²) in [4.78, 5) is 12.5. The molecular weight excluding hydrogens is 232 g/mol. The van der Waals surface area contributed by atoms with Gasteiger partial charge in [0.1, 0.15) is 5.82 Å². The molecule has 1 aromatic carbocycles. The first kappa shape index (κ1) is 11.9. The molecule has 2 aromatic rings. The van der Waals surface area contributed by atoms with Gasteiger partial charge in [-0.1, -0.05) is 36.0 Å². The number of anilines is 1. The zero-order valence-electron chi connectivity index (χ0n) is 9.84. The molecule has 2 rings (SSSR count). The molecule has 1 aromatic heterocycles. The van der Waals surface area contributed by atoms with Gasteiger partial charge in [0.25, 0.3) is 0 Å². The van der Waals surface area contributed by atoms with E-state index >= 15 is 0 Å². The van der Waals surface area contributed by atoms with Crippen LogP contribution in [0.4, 0.5) is 5.95 Å². The molecule has 0 unspecified atom stereocenters. The van der Waals surface area contributed by atoms with Crippen LogP contribution in [0, 0.1) is 6.92 Å². The van der Waals surface area contributed by atoms with E-state index in [9.17, 15) is 0 Å². The second-order valence-corrected chi connectivity index (χ2v) is 4.47. The van der Waals surface area contributed by atoms with Gasteiger partial charge in [-0.2, -0.15) is 9.97 Å². The van der Waals surface area contributed by atoms with Gasteiger partial charge in [0.2, 0.25) is 5.95 Å². The summed E-state index contributed by atoms with van der Waals surface area (Å²) in [5, 5.41) is 0.668. The minimum Gasteiger partial charge on any atom is -0.368 e. The number of nitrogens with zero attached hydrogens (tertiary/aromatic N) is 3. The van der Waals surface area contributed by atoms with Gasteiger partial charge in [-0.25, -0.2) is 4.98 Å². The van der Waals surface area contributed by atoms with Crippen molar-refractivity contribution in [2.45, 2.75) is 18.5 Å². The smallest absolute Gasteiger partial charge is 0.224 e. The van der Waals surface area contributed by atoms with Gasteiger partial charge in [-0.15, -0.1) is 0 Å². The molecule has 17 heavy (non-hydrogen) atoms. The van der Waals surface area contributed by atoms with Gasteiger partial charge in [0.05, 0.1) is 0 Å². The summed E-state index contributed by atoms with van der Waals surface area (Å²) >= 11 is 1.47. The van der Waals surface area contributed by atoms with Gasteiger partial charge in [-0.3, -0.25) is 0 Å². The Morgan fingerprint density at radius 3 is 2.65 bits per heavy atom. The highest BCUT2D eigenvalue weighted by Crippen LogP contribution is 2.14. The molecule has 0 atom stereocenters. The Bertz CT molecular complexity index is 528. The molecule has 4 nitrogen and oxygen atoms in total. The average molecular weight is 246 g/mol. The summed E-state index contributed by atoms with van der Waals surface area (Å²) in [6.07, 6.45) is 2.61. The number of benzene rings is 1. The van der Waals surface area contributed by atoms with Crippen LogP contribution < -0.4 is 5.73 Å². The molecule has 0 bridgehead atoms. The molecule has 0 saturated heterocycles. The largest absolute Gasteiger partial charge is 0.368 e. The van der Waals surface area contributed by atoms with Crippen molar-refractivity contribution >= 4 is 17.7 Å². The van der Waals surface area contributed by atoms with Crippen molar-refractivity contribution in [2.75, 3.05) is 12.0 Å². The van der Waals surface area contributed by atoms with Crippen LogP contribution in [0.15, 0.2) is 29.4 Å². The van der Waals surface area contributed by atoms with Crippen LogP contribution in [-0.2, 0) is 6.42 Å². The minimum atomic E-state index is 0.285. The minimum absolute atomic E-state index is 0.285. The molecule has 2 N–H and O–H groups in total. The van der Waals surface area contributed by atoms with E-state index in [0.29, 0.717) is 11.6 Å². The SMILES string of the molecule is CSc1nc(N)nc(Cc2ccccc2C)n1. The van der Waals surface area contributed by atoms with E-state index in [1.807, 2.05) is 18.4 Å². The molecule has 0 radical (unpaired) electrons. The summed E-state index contributed by atoms with van der Waals surface area (Å²) in [5.41, 5.74) is 8.10. The topological polar surface area (TPSA) is 64.7 Å². The van der Waals surface area contributed by atoms with Crippen LogP contribution in [0.2, 0.25) is 0 Å². The third-order valence-corrected chi connectivity index (χ3v) is 3.02. The van der Waals surface area contributed by atoms with Crippen LogP contribution >= 0.6 is 11.8 Å². The highest BCUT2D eigenvalue weighted by atomic mass is 32.2. The molecule has 1 heterocycles. The van der Waals surface area contributed by atoms with Gasteiger partial charge >= 0.3 is 0 Å². The molecule has 0 saturated carbocycles. The summed E-state index contributed by atoms with van der Waals surface area (Å²) in [6.45, 7) is 2.08. The lowest BCUT2D eigenvalue weighted by Gasteiger charge is -2.05. The highest BCUT2D eigenvalue weighted by Gasteiger charge is 2.06. The van der Waals surface area contributed by atoms with Gasteiger partial charge < -0.3 is 5.73 Å². The second kappa shape index (κ2) is 5.14. The zero-order valence-corrected chi connectivity index (χ0v) is 10.7. The molecule has 88 valence electrons. The number of hydrogen-bond donors (Lipinski definition) is 1. The summed E-state index contributed by atoms with van der Waals surface area (Å²) in [6, 6.07) is 8.19. The molecule has 0 amide bonds. The molecule has 0 aliphatic rings. The van der Waals surface area contributed by atoms with Crippen molar-refractivity contribution in [3.05, 3.63) is 41.2 Å². The highest BCUT2D eigenvalue weighted by molar-refractivity contribution is 7.98. The Balaban J connectivity index is 2.30. The zero-order chi connectivity index (χ0) is 12.3. The van der Waals surface area contributed by atoms with Crippen LogP contribution in [-0.4, -0.2) is 21.2 Å². The van der Waals surface area contributed by atoms with Crippen molar-refractivity contribution in [3.63, 3.8) is 0 Å². The van der Waals surface area contributed by atoms with Crippen molar-refractivity contribution in [1.29, 1.82) is 0 Å².